The van der Waals surface area contributed by atoms with Crippen LogP contribution in [0.3, 0.4) is 0 Å². The van der Waals surface area contributed by atoms with Crippen molar-refractivity contribution in [1.29, 1.82) is 0 Å². The maximum Gasteiger partial charge on any atom is 0.434 e. The molecule has 190 valence electrons. The first-order valence-electron chi connectivity index (χ1n) is 11.1. The van der Waals surface area contributed by atoms with Crippen molar-refractivity contribution in [2.24, 2.45) is 0 Å². The Kier molecular flexibility index (Phi) is 7.37. The lowest BCUT2D eigenvalue weighted by Crippen LogP contribution is -2.43. The van der Waals surface area contributed by atoms with Crippen LogP contribution in [0.4, 0.5) is 17.6 Å². The third-order valence-electron chi connectivity index (χ3n) is 5.65. The Balaban J connectivity index is 1.59. The van der Waals surface area contributed by atoms with Gasteiger partial charge in [0.05, 0.1) is 24.6 Å². The second-order valence-corrected chi connectivity index (χ2v) is 8.11. The van der Waals surface area contributed by atoms with Crippen LogP contribution in [-0.2, 0) is 22.1 Å². The molecule has 4 aromatic rings. The van der Waals surface area contributed by atoms with E-state index in [4.69, 9.17) is 4.74 Å². The van der Waals surface area contributed by atoms with Gasteiger partial charge in [0.2, 0.25) is 0 Å². The maximum atomic E-state index is 13.9. The Morgan fingerprint density at radius 1 is 0.946 bits per heavy atom. The number of rotatable bonds is 7. The Bertz CT molecular complexity index is 1380. The van der Waals surface area contributed by atoms with E-state index in [1.807, 2.05) is 42.5 Å². The number of amides is 1. The van der Waals surface area contributed by atoms with Gasteiger partial charge in [0.25, 0.3) is 5.91 Å². The molecule has 1 atom stereocenters. The van der Waals surface area contributed by atoms with Gasteiger partial charge in [-0.05, 0) is 41.0 Å². The fourth-order valence-electron chi connectivity index (χ4n) is 3.84. The van der Waals surface area contributed by atoms with Crippen molar-refractivity contribution < 1.29 is 31.9 Å². The van der Waals surface area contributed by atoms with E-state index in [9.17, 15) is 27.2 Å². The predicted molar refractivity (Wildman–Crippen MR) is 127 cm³/mol. The van der Waals surface area contributed by atoms with Gasteiger partial charge < -0.3 is 10.1 Å². The summed E-state index contributed by atoms with van der Waals surface area (Å²) in [5, 5.41) is 6.03. The average Bonchev–Trinajstić information content (AvgIpc) is 3.35. The maximum absolute atomic E-state index is 13.9. The normalized spacial score (nSPS) is 12.1. The Morgan fingerprint density at radius 2 is 1.57 bits per heavy atom. The Labute approximate surface area is 209 Å². The molecule has 6 nitrogen and oxygen atoms in total. The summed E-state index contributed by atoms with van der Waals surface area (Å²) >= 11 is 0. The summed E-state index contributed by atoms with van der Waals surface area (Å²) in [7, 11) is 1.12. The summed E-state index contributed by atoms with van der Waals surface area (Å²) in [6.45, 7) is 0. The van der Waals surface area contributed by atoms with E-state index in [0.717, 1.165) is 48.7 Å². The number of nitrogens with zero attached hydrogens (tertiary/aromatic N) is 2. The zero-order valence-electron chi connectivity index (χ0n) is 19.5. The smallest absolute Gasteiger partial charge is 0.434 e. The van der Waals surface area contributed by atoms with Crippen molar-refractivity contribution in [3.63, 3.8) is 0 Å². The van der Waals surface area contributed by atoms with E-state index >= 15 is 0 Å². The molecule has 0 radical (unpaired) electrons. The highest BCUT2D eigenvalue weighted by atomic mass is 19.4. The quantitative estimate of drug-likeness (QED) is 0.273. The van der Waals surface area contributed by atoms with Crippen LogP contribution in [-0.4, -0.2) is 34.8 Å². The number of esters is 1. The number of benzene rings is 3. The molecule has 0 saturated carbocycles. The number of ether oxygens (including phenoxy) is 1. The first kappa shape index (κ1) is 25.6. The molecule has 0 saturated heterocycles. The van der Waals surface area contributed by atoms with Gasteiger partial charge in [0.15, 0.2) is 5.69 Å². The van der Waals surface area contributed by atoms with Gasteiger partial charge in [0.1, 0.15) is 11.9 Å². The average molecular weight is 511 g/mol. The molecule has 1 aromatic heterocycles. The molecule has 0 aliphatic rings. The summed E-state index contributed by atoms with van der Waals surface area (Å²) < 4.78 is 60.4. The van der Waals surface area contributed by atoms with E-state index < -0.39 is 41.2 Å². The number of carbonyl (C=O) groups is 2. The second-order valence-electron chi connectivity index (χ2n) is 8.11. The van der Waals surface area contributed by atoms with Gasteiger partial charge in [0, 0.05) is 6.42 Å². The number of nitrogens with one attached hydrogen (secondary N) is 1. The van der Waals surface area contributed by atoms with Gasteiger partial charge in [-0.15, -0.1) is 0 Å². The molecule has 0 fully saturated rings. The fraction of sp³-hybridized carbons (Fsp3) is 0.148. The van der Waals surface area contributed by atoms with E-state index in [1.165, 1.54) is 0 Å². The molecular formula is C27H21F4N3O3. The predicted octanol–water partition coefficient (Wildman–Crippen LogP) is 5.21. The van der Waals surface area contributed by atoms with Crippen molar-refractivity contribution in [3.8, 4) is 16.8 Å². The third kappa shape index (κ3) is 5.85. The van der Waals surface area contributed by atoms with E-state index in [1.54, 1.807) is 12.1 Å². The highest BCUT2D eigenvalue weighted by molar-refractivity contribution is 5.98. The molecule has 37 heavy (non-hydrogen) atoms. The summed E-state index contributed by atoms with van der Waals surface area (Å²) in [5.74, 6) is -2.61. The van der Waals surface area contributed by atoms with Crippen LogP contribution in [0.25, 0.3) is 16.8 Å². The first-order valence-corrected chi connectivity index (χ1v) is 11.1. The SMILES string of the molecule is COC(=O)C(Cc1ccc(-c2ccccc2)cc1)NC(=O)c1cnn(-c2ccc(F)cc2)c1C(F)(F)F. The van der Waals surface area contributed by atoms with E-state index in [0.29, 0.717) is 10.2 Å². The molecule has 1 N–H and O–H groups in total. The molecule has 1 heterocycles. The van der Waals surface area contributed by atoms with Crippen LogP contribution in [0.1, 0.15) is 21.6 Å². The number of hydrogen-bond acceptors (Lipinski definition) is 4. The first-order chi connectivity index (χ1) is 17.7. The number of hydrogen-bond donors (Lipinski definition) is 1. The summed E-state index contributed by atoms with van der Waals surface area (Å²) in [5.41, 5.74) is 0.359. The second kappa shape index (κ2) is 10.7. The minimum absolute atomic E-state index is 0.0130. The zero-order valence-corrected chi connectivity index (χ0v) is 19.5. The van der Waals surface area contributed by atoms with Crippen molar-refractivity contribution in [3.05, 3.63) is 108 Å². The van der Waals surface area contributed by atoms with Gasteiger partial charge >= 0.3 is 12.1 Å². The number of alkyl halides is 3. The van der Waals surface area contributed by atoms with Gasteiger partial charge in [-0.25, -0.2) is 13.9 Å². The van der Waals surface area contributed by atoms with Crippen molar-refractivity contribution in [2.45, 2.75) is 18.6 Å². The number of methoxy groups -OCH3 is 1. The lowest BCUT2D eigenvalue weighted by molar-refractivity contribution is -0.143. The van der Waals surface area contributed by atoms with Crippen molar-refractivity contribution in [2.75, 3.05) is 7.11 Å². The van der Waals surface area contributed by atoms with Gasteiger partial charge in [-0.2, -0.15) is 18.3 Å². The molecular weight excluding hydrogens is 490 g/mol. The van der Waals surface area contributed by atoms with Crippen molar-refractivity contribution in [1.82, 2.24) is 15.1 Å². The van der Waals surface area contributed by atoms with Crippen LogP contribution >= 0.6 is 0 Å². The highest BCUT2D eigenvalue weighted by Crippen LogP contribution is 2.34. The Morgan fingerprint density at radius 3 is 2.16 bits per heavy atom. The molecule has 0 aliphatic carbocycles. The summed E-state index contributed by atoms with van der Waals surface area (Å²) in [4.78, 5) is 25.3. The fourth-order valence-corrected chi connectivity index (χ4v) is 3.84. The van der Waals surface area contributed by atoms with Crippen molar-refractivity contribution >= 4 is 11.9 Å². The van der Waals surface area contributed by atoms with E-state index in [-0.39, 0.29) is 12.1 Å². The van der Waals surface area contributed by atoms with Crippen LogP contribution in [0, 0.1) is 5.82 Å². The van der Waals surface area contributed by atoms with Crippen LogP contribution in [0.15, 0.2) is 85.1 Å². The standard InChI is InChI=1S/C27H21F4N3O3/c1-37-26(36)23(15-17-7-9-19(10-8-17)18-5-3-2-4-6-18)33-25(35)22-16-32-34(24(22)27(29,30)31)21-13-11-20(28)12-14-21/h2-14,16,23H,15H2,1H3,(H,33,35). The Hall–Kier alpha value is -4.47. The monoisotopic (exact) mass is 511 g/mol. The van der Waals surface area contributed by atoms with Crippen LogP contribution in [0.5, 0.6) is 0 Å². The number of halogens is 4. The molecule has 1 unspecified atom stereocenters. The minimum atomic E-state index is -4.97. The molecule has 4 rings (SSSR count). The molecule has 1 amide bonds. The molecule has 3 aromatic carbocycles. The van der Waals surface area contributed by atoms with Gasteiger partial charge in [-0.1, -0.05) is 54.6 Å². The number of aromatic nitrogens is 2. The summed E-state index contributed by atoms with van der Waals surface area (Å²) in [6, 6.07) is 19.7. The largest absolute Gasteiger partial charge is 0.467 e. The number of carbonyl (C=O) groups excluding carboxylic acids is 2. The van der Waals surface area contributed by atoms with Gasteiger partial charge in [-0.3, -0.25) is 4.79 Å². The molecule has 0 spiro atoms. The minimum Gasteiger partial charge on any atom is -0.467 e. The molecule has 0 bridgehead atoms. The molecule has 0 aliphatic heterocycles. The topological polar surface area (TPSA) is 73.2 Å². The van der Waals surface area contributed by atoms with E-state index in [2.05, 4.69) is 10.4 Å². The van der Waals surface area contributed by atoms with Crippen LogP contribution in [0.2, 0.25) is 0 Å². The summed E-state index contributed by atoms with van der Waals surface area (Å²) in [6.07, 6.45) is -4.23. The molecule has 10 heteroatoms. The van der Waals surface area contributed by atoms with Crippen LogP contribution < -0.4 is 5.32 Å². The zero-order chi connectivity index (χ0) is 26.6. The third-order valence-corrected chi connectivity index (χ3v) is 5.65. The lowest BCUT2D eigenvalue weighted by atomic mass is 10.0. The lowest BCUT2D eigenvalue weighted by Gasteiger charge is -2.18. The highest BCUT2D eigenvalue weighted by Gasteiger charge is 2.41.